The first-order chi connectivity index (χ1) is 14.6. The fraction of sp³-hybridized carbons (Fsp3) is 0. The molecule has 30 heavy (non-hydrogen) atoms. The zero-order valence-electron chi connectivity index (χ0n) is 15.6. The molecule has 4 rings (SSSR count). The molecule has 0 bridgehead atoms. The SMILES string of the molecule is O=C(Nc1ccc(Cl)cc1)c1cccc(Nc2ccc(-c3ccc(F)cc3)nn2)c1. The first kappa shape index (κ1) is 19.5. The Bertz CT molecular complexity index is 1160. The van der Waals surface area contributed by atoms with Crippen molar-refractivity contribution in [1.82, 2.24) is 10.2 Å². The molecule has 0 fully saturated rings. The maximum Gasteiger partial charge on any atom is 0.255 e. The third kappa shape index (κ3) is 4.79. The monoisotopic (exact) mass is 418 g/mol. The lowest BCUT2D eigenvalue weighted by molar-refractivity contribution is 0.102. The Balaban J connectivity index is 1.45. The molecule has 1 amide bonds. The second kappa shape index (κ2) is 8.71. The van der Waals surface area contributed by atoms with Crippen molar-refractivity contribution in [3.63, 3.8) is 0 Å². The van der Waals surface area contributed by atoms with Gasteiger partial charge in [-0.3, -0.25) is 4.79 Å². The lowest BCUT2D eigenvalue weighted by atomic mass is 10.1. The number of hydrogen-bond acceptors (Lipinski definition) is 4. The van der Waals surface area contributed by atoms with Crippen molar-refractivity contribution < 1.29 is 9.18 Å². The molecule has 7 heteroatoms. The van der Waals surface area contributed by atoms with Gasteiger partial charge in [0.25, 0.3) is 5.91 Å². The van der Waals surface area contributed by atoms with Crippen molar-refractivity contribution in [3.8, 4) is 11.3 Å². The first-order valence-electron chi connectivity index (χ1n) is 9.10. The van der Waals surface area contributed by atoms with Crippen molar-refractivity contribution in [2.45, 2.75) is 0 Å². The van der Waals surface area contributed by atoms with Gasteiger partial charge in [-0.15, -0.1) is 10.2 Å². The van der Waals surface area contributed by atoms with Gasteiger partial charge in [-0.05, 0) is 78.9 Å². The van der Waals surface area contributed by atoms with E-state index in [1.165, 1.54) is 12.1 Å². The Kier molecular flexibility index (Phi) is 5.68. The standard InChI is InChI=1S/C23H16ClFN4O/c24-17-6-10-19(11-7-17)27-23(30)16-2-1-3-20(14-16)26-22-13-12-21(28-29-22)15-4-8-18(25)9-5-15/h1-14H,(H,26,29)(H,27,30). The fourth-order valence-electron chi connectivity index (χ4n) is 2.80. The molecule has 0 aliphatic rings. The lowest BCUT2D eigenvalue weighted by Crippen LogP contribution is -2.12. The molecule has 1 aromatic heterocycles. The van der Waals surface area contributed by atoms with Gasteiger partial charge in [0.2, 0.25) is 0 Å². The van der Waals surface area contributed by atoms with Crippen LogP contribution in [0.5, 0.6) is 0 Å². The van der Waals surface area contributed by atoms with Crippen molar-refractivity contribution in [1.29, 1.82) is 0 Å². The number of amides is 1. The number of anilines is 3. The summed E-state index contributed by atoms with van der Waals surface area (Å²) >= 11 is 5.87. The summed E-state index contributed by atoms with van der Waals surface area (Å²) in [6, 6.07) is 23.6. The van der Waals surface area contributed by atoms with Crippen LogP contribution >= 0.6 is 11.6 Å². The van der Waals surface area contributed by atoms with Crippen LogP contribution in [0.3, 0.4) is 0 Å². The summed E-state index contributed by atoms with van der Waals surface area (Å²) in [7, 11) is 0. The highest BCUT2D eigenvalue weighted by atomic mass is 35.5. The number of aromatic nitrogens is 2. The normalized spacial score (nSPS) is 10.5. The number of nitrogens with zero attached hydrogens (tertiary/aromatic N) is 2. The minimum Gasteiger partial charge on any atom is -0.339 e. The van der Waals surface area contributed by atoms with Crippen LogP contribution in [-0.4, -0.2) is 16.1 Å². The van der Waals surface area contributed by atoms with Crippen molar-refractivity contribution in [2.75, 3.05) is 10.6 Å². The van der Waals surface area contributed by atoms with E-state index in [0.29, 0.717) is 33.5 Å². The van der Waals surface area contributed by atoms with Gasteiger partial charge in [0, 0.05) is 27.5 Å². The van der Waals surface area contributed by atoms with Gasteiger partial charge in [-0.25, -0.2) is 4.39 Å². The average molecular weight is 419 g/mol. The number of carbonyl (C=O) groups excluding carboxylic acids is 1. The number of carbonyl (C=O) groups is 1. The van der Waals surface area contributed by atoms with E-state index in [9.17, 15) is 9.18 Å². The molecule has 0 spiro atoms. The minimum atomic E-state index is -0.301. The summed E-state index contributed by atoms with van der Waals surface area (Å²) in [5, 5.41) is 14.9. The second-order valence-corrected chi connectivity index (χ2v) is 6.91. The predicted octanol–water partition coefficient (Wildman–Crippen LogP) is 5.93. The van der Waals surface area contributed by atoms with Gasteiger partial charge in [-0.2, -0.15) is 0 Å². The minimum absolute atomic E-state index is 0.237. The molecule has 1 heterocycles. The molecule has 0 atom stereocenters. The Labute approximate surface area is 177 Å². The number of nitrogens with one attached hydrogen (secondary N) is 2. The van der Waals surface area contributed by atoms with E-state index in [0.717, 1.165) is 5.56 Å². The third-order valence-electron chi connectivity index (χ3n) is 4.30. The van der Waals surface area contributed by atoms with Gasteiger partial charge in [0.1, 0.15) is 5.82 Å². The van der Waals surface area contributed by atoms with Crippen LogP contribution in [-0.2, 0) is 0 Å². The van der Waals surface area contributed by atoms with E-state index >= 15 is 0 Å². The molecular formula is C23H16ClFN4O. The lowest BCUT2D eigenvalue weighted by Gasteiger charge is -2.09. The number of rotatable bonds is 5. The quantitative estimate of drug-likeness (QED) is 0.421. The summed E-state index contributed by atoms with van der Waals surface area (Å²) in [6.07, 6.45) is 0. The van der Waals surface area contributed by atoms with Crippen molar-refractivity contribution >= 4 is 34.7 Å². The average Bonchev–Trinajstić information content (AvgIpc) is 2.77. The maximum absolute atomic E-state index is 13.1. The summed E-state index contributed by atoms with van der Waals surface area (Å²) in [5.41, 5.74) is 3.26. The van der Waals surface area contributed by atoms with Crippen LogP contribution in [0.1, 0.15) is 10.4 Å². The Morgan fingerprint density at radius 3 is 2.30 bits per heavy atom. The molecule has 0 saturated heterocycles. The van der Waals surface area contributed by atoms with Crippen LogP contribution in [0.15, 0.2) is 84.9 Å². The van der Waals surface area contributed by atoms with Gasteiger partial charge in [0.15, 0.2) is 5.82 Å². The smallest absolute Gasteiger partial charge is 0.255 e. The molecule has 0 aliphatic carbocycles. The Morgan fingerprint density at radius 2 is 1.60 bits per heavy atom. The summed E-state index contributed by atoms with van der Waals surface area (Å²) in [4.78, 5) is 12.5. The molecule has 0 unspecified atom stereocenters. The van der Waals surface area contributed by atoms with E-state index in [4.69, 9.17) is 11.6 Å². The molecule has 3 aromatic carbocycles. The zero-order valence-corrected chi connectivity index (χ0v) is 16.4. The van der Waals surface area contributed by atoms with Crippen molar-refractivity contribution in [2.24, 2.45) is 0 Å². The number of benzene rings is 3. The van der Waals surface area contributed by atoms with Gasteiger partial charge in [0.05, 0.1) is 5.69 Å². The van der Waals surface area contributed by atoms with Crippen LogP contribution < -0.4 is 10.6 Å². The molecule has 0 aliphatic heterocycles. The maximum atomic E-state index is 13.1. The van der Waals surface area contributed by atoms with E-state index in [1.54, 1.807) is 66.7 Å². The van der Waals surface area contributed by atoms with Gasteiger partial charge in [-0.1, -0.05) is 17.7 Å². The molecule has 5 nitrogen and oxygen atoms in total. The highest BCUT2D eigenvalue weighted by molar-refractivity contribution is 6.30. The van der Waals surface area contributed by atoms with E-state index in [2.05, 4.69) is 20.8 Å². The summed E-state index contributed by atoms with van der Waals surface area (Å²) in [5.74, 6) is -0.0141. The van der Waals surface area contributed by atoms with Crippen molar-refractivity contribution in [3.05, 3.63) is 101 Å². The van der Waals surface area contributed by atoms with E-state index in [-0.39, 0.29) is 11.7 Å². The summed E-state index contributed by atoms with van der Waals surface area (Å²) in [6.45, 7) is 0. The number of halogens is 2. The third-order valence-corrected chi connectivity index (χ3v) is 4.56. The van der Waals surface area contributed by atoms with E-state index < -0.39 is 0 Å². The molecule has 0 saturated carbocycles. The number of hydrogen-bond donors (Lipinski definition) is 2. The van der Waals surface area contributed by atoms with Crippen LogP contribution in [0, 0.1) is 5.82 Å². The van der Waals surface area contributed by atoms with Crippen LogP contribution in [0.4, 0.5) is 21.6 Å². The highest BCUT2D eigenvalue weighted by Gasteiger charge is 2.08. The van der Waals surface area contributed by atoms with Crippen LogP contribution in [0.2, 0.25) is 5.02 Å². The highest BCUT2D eigenvalue weighted by Crippen LogP contribution is 2.21. The van der Waals surface area contributed by atoms with Gasteiger partial charge < -0.3 is 10.6 Å². The largest absolute Gasteiger partial charge is 0.339 e. The zero-order chi connectivity index (χ0) is 20.9. The van der Waals surface area contributed by atoms with Gasteiger partial charge >= 0.3 is 0 Å². The predicted molar refractivity (Wildman–Crippen MR) is 117 cm³/mol. The molecule has 2 N–H and O–H groups in total. The van der Waals surface area contributed by atoms with E-state index in [1.807, 2.05) is 6.07 Å². The Hall–Kier alpha value is -3.77. The first-order valence-corrected chi connectivity index (χ1v) is 9.48. The topological polar surface area (TPSA) is 66.9 Å². The van der Waals surface area contributed by atoms with Crippen LogP contribution in [0.25, 0.3) is 11.3 Å². The molecular weight excluding hydrogens is 403 g/mol. The summed E-state index contributed by atoms with van der Waals surface area (Å²) < 4.78 is 13.1. The molecule has 148 valence electrons. The Morgan fingerprint density at radius 1 is 0.833 bits per heavy atom. The fourth-order valence-corrected chi connectivity index (χ4v) is 2.92. The second-order valence-electron chi connectivity index (χ2n) is 6.48. The molecule has 4 aromatic rings. The molecule has 0 radical (unpaired) electrons.